The number of hydrogen-bond donors (Lipinski definition) is 2. The van der Waals surface area contributed by atoms with E-state index in [0.29, 0.717) is 18.5 Å². The van der Waals surface area contributed by atoms with Crippen LogP contribution in [0.5, 0.6) is 0 Å². The van der Waals surface area contributed by atoms with E-state index in [1.165, 1.54) is 31.3 Å². The van der Waals surface area contributed by atoms with Gasteiger partial charge in [-0.3, -0.25) is 9.59 Å². The van der Waals surface area contributed by atoms with Crippen LogP contribution in [0.1, 0.15) is 76.9 Å². The predicted octanol–water partition coefficient (Wildman–Crippen LogP) is 4.39. The molecule has 0 spiro atoms. The van der Waals surface area contributed by atoms with Crippen molar-refractivity contribution in [2.75, 3.05) is 0 Å². The van der Waals surface area contributed by atoms with Crippen LogP contribution in [-0.4, -0.2) is 57.0 Å². The van der Waals surface area contributed by atoms with Crippen LogP contribution < -0.4 is 0 Å². The summed E-state index contributed by atoms with van der Waals surface area (Å²) >= 11 is 1.38. The second-order valence-electron chi connectivity index (χ2n) is 11.1. The number of rotatable bonds is 3. The predicted molar refractivity (Wildman–Crippen MR) is 139 cm³/mol. The second kappa shape index (κ2) is 11.7. The average molecular weight is 536 g/mol. The summed E-state index contributed by atoms with van der Waals surface area (Å²) in [7, 11) is 0. The van der Waals surface area contributed by atoms with E-state index in [2.05, 4.69) is 10.9 Å². The Morgan fingerprint density at radius 3 is 2.68 bits per heavy atom. The van der Waals surface area contributed by atoms with E-state index in [9.17, 15) is 19.8 Å². The normalized spacial score (nSPS) is 35.8. The summed E-state index contributed by atoms with van der Waals surface area (Å²) in [6.07, 6.45) is 4.46. The van der Waals surface area contributed by atoms with Crippen molar-refractivity contribution in [3.05, 3.63) is 21.9 Å². The molecule has 7 atom stereocenters. The zero-order valence-corrected chi connectivity index (χ0v) is 23.0. The molecule has 0 amide bonds. The summed E-state index contributed by atoms with van der Waals surface area (Å²) in [4.78, 5) is 30.5. The molecule has 7 unspecified atom stereocenters. The highest BCUT2D eigenvalue weighted by Crippen LogP contribution is 2.45. The first-order valence-corrected chi connectivity index (χ1v) is 13.7. The quantitative estimate of drug-likeness (QED) is 0.336. The first-order valence-electron chi connectivity index (χ1n) is 12.8. The maximum atomic E-state index is 15.3. The van der Waals surface area contributed by atoms with E-state index in [4.69, 9.17) is 15.9 Å². The number of hydrogen-bond acceptors (Lipinski definition) is 8. The lowest BCUT2D eigenvalue weighted by Crippen LogP contribution is -2.46. The zero-order valence-electron chi connectivity index (χ0n) is 22.2. The zero-order chi connectivity index (χ0) is 27.5. The highest BCUT2D eigenvalue weighted by atomic mass is 32.1. The van der Waals surface area contributed by atoms with Gasteiger partial charge in [-0.2, -0.15) is 0 Å². The minimum absolute atomic E-state index is 0.0159. The number of terminal acetylenes is 1. The Morgan fingerprint density at radius 2 is 2.05 bits per heavy atom. The van der Waals surface area contributed by atoms with Crippen LogP contribution in [0.2, 0.25) is 0 Å². The lowest BCUT2D eigenvalue weighted by molar-refractivity contribution is -0.155. The van der Waals surface area contributed by atoms with Crippen LogP contribution in [0.15, 0.2) is 11.2 Å². The van der Waals surface area contributed by atoms with Gasteiger partial charge in [-0.25, -0.2) is 9.37 Å². The number of carbonyl (C=O) groups is 2. The second-order valence-corrected chi connectivity index (χ2v) is 12.2. The van der Waals surface area contributed by atoms with Crippen molar-refractivity contribution in [2.24, 2.45) is 17.3 Å². The van der Waals surface area contributed by atoms with Crippen LogP contribution in [0.25, 0.3) is 6.08 Å². The highest BCUT2D eigenvalue weighted by molar-refractivity contribution is 7.09. The van der Waals surface area contributed by atoms with Crippen LogP contribution in [0.3, 0.4) is 0 Å². The minimum atomic E-state index is -1.42. The van der Waals surface area contributed by atoms with E-state index in [1.807, 2.05) is 20.8 Å². The molecule has 0 saturated carbocycles. The maximum Gasteiger partial charge on any atom is 0.309 e. The number of esters is 1. The highest BCUT2D eigenvalue weighted by Gasteiger charge is 2.53. The van der Waals surface area contributed by atoms with Gasteiger partial charge in [-0.05, 0) is 38.7 Å². The molecule has 0 aliphatic carbocycles. The van der Waals surface area contributed by atoms with E-state index < -0.39 is 59.2 Å². The largest absolute Gasteiger partial charge is 0.455 e. The average Bonchev–Trinajstić information content (AvgIpc) is 3.27. The fourth-order valence-electron chi connectivity index (χ4n) is 5.00. The van der Waals surface area contributed by atoms with E-state index in [1.54, 1.807) is 5.38 Å². The Kier molecular flexibility index (Phi) is 9.33. The summed E-state index contributed by atoms with van der Waals surface area (Å²) in [5, 5.41) is 24.4. The van der Waals surface area contributed by atoms with Crippen LogP contribution in [-0.2, 0) is 19.1 Å². The molecule has 9 heteroatoms. The Balaban J connectivity index is 1.89. The number of epoxide rings is 1. The van der Waals surface area contributed by atoms with Crippen molar-refractivity contribution < 1.29 is 33.7 Å². The molecule has 0 bridgehead atoms. The monoisotopic (exact) mass is 535 g/mol. The number of ether oxygens (including phenoxy) is 2. The van der Waals surface area contributed by atoms with Gasteiger partial charge in [-0.15, -0.1) is 23.7 Å². The number of aromatic nitrogens is 1. The Labute approximate surface area is 222 Å². The third kappa shape index (κ3) is 7.05. The summed E-state index contributed by atoms with van der Waals surface area (Å²) in [6, 6.07) is 0. The van der Waals surface area contributed by atoms with Crippen LogP contribution in [0, 0.1) is 36.5 Å². The number of aliphatic hydroxyl groups excluding tert-OH is 2. The number of halogens is 1. The van der Waals surface area contributed by atoms with Gasteiger partial charge < -0.3 is 19.7 Å². The molecule has 0 aromatic carbocycles. The molecule has 7 nitrogen and oxygen atoms in total. The van der Waals surface area contributed by atoms with Crippen molar-refractivity contribution in [2.45, 2.75) is 103 Å². The Morgan fingerprint density at radius 1 is 1.35 bits per heavy atom. The first-order chi connectivity index (χ1) is 17.3. The summed E-state index contributed by atoms with van der Waals surface area (Å²) in [5.74, 6) is -0.557. The van der Waals surface area contributed by atoms with Gasteiger partial charge in [-0.1, -0.05) is 27.2 Å². The van der Waals surface area contributed by atoms with Gasteiger partial charge in [0.15, 0.2) is 6.10 Å². The minimum Gasteiger partial charge on any atom is -0.455 e. The van der Waals surface area contributed by atoms with E-state index in [-0.39, 0.29) is 24.9 Å². The van der Waals surface area contributed by atoms with Gasteiger partial charge >= 0.3 is 5.97 Å². The summed E-state index contributed by atoms with van der Waals surface area (Å²) < 4.78 is 26.7. The van der Waals surface area contributed by atoms with Gasteiger partial charge in [0.05, 0.1) is 52.4 Å². The van der Waals surface area contributed by atoms with Gasteiger partial charge in [0.2, 0.25) is 0 Å². The molecule has 2 N–H and O–H groups in total. The number of cyclic esters (lactones) is 1. The van der Waals surface area contributed by atoms with Crippen molar-refractivity contribution >= 4 is 29.2 Å². The summed E-state index contributed by atoms with van der Waals surface area (Å²) in [6.45, 7) is 8.65. The number of thiazole rings is 1. The molecule has 1 aromatic heterocycles. The molecule has 1 aromatic rings. The number of Topliss-reactive ketones (excluding diaryl/α,β-unsaturated/α-hetero) is 1. The van der Waals surface area contributed by atoms with Gasteiger partial charge in [0.1, 0.15) is 11.6 Å². The molecular formula is C28H38FNO6S. The van der Waals surface area contributed by atoms with Crippen molar-refractivity contribution in [3.63, 3.8) is 0 Å². The smallest absolute Gasteiger partial charge is 0.309 e. The Hall–Kier alpha value is -2.12. The Bertz CT molecular complexity index is 1060. The number of nitrogens with zero attached hydrogens (tertiary/aromatic N) is 1. The molecular weight excluding hydrogens is 497 g/mol. The lowest BCUT2D eigenvalue weighted by Gasteiger charge is -2.35. The van der Waals surface area contributed by atoms with Crippen LogP contribution >= 0.6 is 11.3 Å². The molecule has 2 aliphatic heterocycles. The van der Waals surface area contributed by atoms with Crippen molar-refractivity contribution in [3.8, 4) is 12.3 Å². The first kappa shape index (κ1) is 29.4. The molecule has 204 valence electrons. The van der Waals surface area contributed by atoms with Crippen LogP contribution in [0.4, 0.5) is 4.39 Å². The van der Waals surface area contributed by atoms with E-state index in [0.717, 1.165) is 11.4 Å². The topological polar surface area (TPSA) is 109 Å². The third-order valence-electron chi connectivity index (χ3n) is 7.80. The standard InChI is InChI=1S/C28H38FNO6S/c1-7-9-19-25(33)16(2)10-8-11-28(6)23(36-28)13-21(20(29)12-18-15-37-17(3)30-18)35-24(32)14-22(31)27(4,5)26(19)34/h1,12,15-16,19,21-23,25,31,33H,8-11,13-14H2,2-6H3. The number of fused-ring (bicyclic) bond motifs is 1. The third-order valence-corrected chi connectivity index (χ3v) is 8.59. The maximum absolute atomic E-state index is 15.3. The molecule has 37 heavy (non-hydrogen) atoms. The van der Waals surface area contributed by atoms with E-state index >= 15 is 4.39 Å². The molecule has 0 radical (unpaired) electrons. The van der Waals surface area contributed by atoms with Gasteiger partial charge in [0, 0.05) is 18.2 Å². The molecule has 2 fully saturated rings. The molecule has 2 aliphatic rings. The number of carbonyl (C=O) groups excluding carboxylic acids is 2. The van der Waals surface area contributed by atoms with Gasteiger partial charge in [0.25, 0.3) is 0 Å². The number of aryl methyl sites for hydroxylation is 1. The lowest BCUT2D eigenvalue weighted by atomic mass is 9.71. The number of ketones is 1. The molecule has 3 rings (SSSR count). The molecule has 2 saturated heterocycles. The fraction of sp³-hybridized carbons (Fsp3) is 0.679. The summed E-state index contributed by atoms with van der Waals surface area (Å²) in [5.41, 5.74) is -1.46. The number of aliphatic hydroxyl groups is 2. The SMILES string of the molecule is C#CCC1C(=O)C(C)(C)C(O)CC(=O)OC(C(F)=Cc2csc(C)n2)CC2OC2(C)CCCC(C)C1O. The molecule has 3 heterocycles. The van der Waals surface area contributed by atoms with Crippen molar-refractivity contribution in [1.82, 2.24) is 4.98 Å². The van der Waals surface area contributed by atoms with Crippen molar-refractivity contribution in [1.29, 1.82) is 0 Å². The fourth-order valence-corrected chi connectivity index (χ4v) is 5.57.